The second-order valence-electron chi connectivity index (χ2n) is 6.85. The van der Waals surface area contributed by atoms with Gasteiger partial charge in [0.2, 0.25) is 0 Å². The summed E-state index contributed by atoms with van der Waals surface area (Å²) >= 11 is 0. The van der Waals surface area contributed by atoms with Gasteiger partial charge in [-0.3, -0.25) is 4.99 Å². The van der Waals surface area contributed by atoms with Gasteiger partial charge in [0.15, 0.2) is 5.96 Å². The second kappa shape index (κ2) is 7.99. The third-order valence-electron chi connectivity index (χ3n) is 4.31. The van der Waals surface area contributed by atoms with E-state index in [4.69, 9.17) is 9.47 Å². The van der Waals surface area contributed by atoms with Gasteiger partial charge in [-0.25, -0.2) is 0 Å². The molecular formula is C16H31N3O2. The van der Waals surface area contributed by atoms with Crippen LogP contribution in [-0.4, -0.2) is 63.5 Å². The molecule has 0 aromatic carbocycles. The van der Waals surface area contributed by atoms with Gasteiger partial charge >= 0.3 is 0 Å². The summed E-state index contributed by atoms with van der Waals surface area (Å²) in [5, 5.41) is 3.46. The number of hydrogen-bond donors (Lipinski definition) is 1. The molecule has 0 aromatic heterocycles. The van der Waals surface area contributed by atoms with Gasteiger partial charge in [0.1, 0.15) is 0 Å². The molecule has 0 saturated carbocycles. The molecule has 5 heteroatoms. The fourth-order valence-corrected chi connectivity index (χ4v) is 2.99. The van der Waals surface area contributed by atoms with E-state index >= 15 is 0 Å². The number of ether oxygens (including phenoxy) is 2. The number of nitrogens with zero attached hydrogens (tertiary/aromatic N) is 2. The molecule has 0 aliphatic carbocycles. The number of rotatable bonds is 5. The lowest BCUT2D eigenvalue weighted by Gasteiger charge is -2.24. The Morgan fingerprint density at radius 2 is 2.14 bits per heavy atom. The van der Waals surface area contributed by atoms with Crippen LogP contribution >= 0.6 is 0 Å². The summed E-state index contributed by atoms with van der Waals surface area (Å²) in [5.74, 6) is 1.03. The van der Waals surface area contributed by atoms with Gasteiger partial charge in [-0.2, -0.15) is 0 Å². The highest BCUT2D eigenvalue weighted by Crippen LogP contribution is 2.28. The van der Waals surface area contributed by atoms with E-state index in [9.17, 15) is 0 Å². The fraction of sp³-hybridized carbons (Fsp3) is 0.938. The van der Waals surface area contributed by atoms with E-state index in [1.165, 1.54) is 6.42 Å². The Labute approximate surface area is 129 Å². The van der Waals surface area contributed by atoms with E-state index in [1.54, 1.807) is 0 Å². The summed E-state index contributed by atoms with van der Waals surface area (Å²) in [6, 6.07) is 0. The Morgan fingerprint density at radius 3 is 2.76 bits per heavy atom. The van der Waals surface area contributed by atoms with E-state index in [1.807, 2.05) is 7.05 Å². The number of likely N-dealkylation sites (tertiary alicyclic amines) is 1. The van der Waals surface area contributed by atoms with Crippen molar-refractivity contribution in [2.24, 2.45) is 10.4 Å². The normalized spacial score (nSPS) is 23.6. The van der Waals surface area contributed by atoms with Crippen LogP contribution in [0.5, 0.6) is 0 Å². The fourth-order valence-electron chi connectivity index (χ4n) is 2.99. The molecule has 2 fully saturated rings. The number of hydrogen-bond acceptors (Lipinski definition) is 3. The molecule has 0 unspecified atom stereocenters. The zero-order valence-electron chi connectivity index (χ0n) is 13.9. The van der Waals surface area contributed by atoms with Crippen LogP contribution in [0, 0.1) is 5.41 Å². The number of nitrogens with one attached hydrogen (secondary N) is 1. The summed E-state index contributed by atoms with van der Waals surface area (Å²) in [4.78, 5) is 6.76. The highest BCUT2D eigenvalue weighted by atomic mass is 16.5. The molecule has 2 saturated heterocycles. The van der Waals surface area contributed by atoms with Crippen molar-refractivity contribution in [2.45, 2.75) is 45.6 Å². The lowest BCUT2D eigenvalue weighted by Crippen LogP contribution is -2.41. The molecule has 2 aliphatic rings. The van der Waals surface area contributed by atoms with E-state index < -0.39 is 0 Å². The molecule has 0 atom stereocenters. The maximum Gasteiger partial charge on any atom is 0.193 e. The smallest absolute Gasteiger partial charge is 0.193 e. The minimum absolute atomic E-state index is 0.400. The molecule has 0 amide bonds. The standard InChI is InChI=1S/C16H31N3O2/c1-16(2)7-9-19(13-16)15(17-3)18-8-4-10-21-14-5-11-20-12-6-14/h14H,4-13H2,1-3H3,(H,17,18). The average Bonchev–Trinajstić information content (AvgIpc) is 2.84. The molecule has 2 aliphatic heterocycles. The number of aliphatic imine (C=N–C) groups is 1. The Kier molecular flexibility index (Phi) is 6.30. The summed E-state index contributed by atoms with van der Waals surface area (Å²) < 4.78 is 11.2. The van der Waals surface area contributed by atoms with Gasteiger partial charge in [-0.05, 0) is 31.1 Å². The molecule has 2 heterocycles. The first kappa shape index (κ1) is 16.6. The third-order valence-corrected chi connectivity index (χ3v) is 4.31. The molecule has 5 nitrogen and oxygen atoms in total. The largest absolute Gasteiger partial charge is 0.381 e. The third kappa shape index (κ3) is 5.47. The Balaban J connectivity index is 1.58. The van der Waals surface area contributed by atoms with Crippen LogP contribution in [0.25, 0.3) is 0 Å². The summed E-state index contributed by atoms with van der Waals surface area (Å²) in [6.45, 7) is 10.3. The first-order valence-corrected chi connectivity index (χ1v) is 8.26. The van der Waals surface area contributed by atoms with Crippen LogP contribution in [0.15, 0.2) is 4.99 Å². The first-order chi connectivity index (χ1) is 10.1. The molecule has 1 N–H and O–H groups in total. The maximum absolute atomic E-state index is 5.88. The highest BCUT2D eigenvalue weighted by Gasteiger charge is 2.30. The molecule has 0 bridgehead atoms. The van der Waals surface area contributed by atoms with Crippen LogP contribution in [0.1, 0.15) is 39.5 Å². The second-order valence-corrected chi connectivity index (χ2v) is 6.85. The SMILES string of the molecule is CN=C(NCCCOC1CCOCC1)N1CCC(C)(C)C1. The summed E-state index contributed by atoms with van der Waals surface area (Å²) in [6.07, 6.45) is 4.74. The van der Waals surface area contributed by atoms with E-state index in [2.05, 4.69) is 29.1 Å². The molecule has 0 radical (unpaired) electrons. The first-order valence-electron chi connectivity index (χ1n) is 8.26. The summed E-state index contributed by atoms with van der Waals surface area (Å²) in [5.41, 5.74) is 0.407. The lowest BCUT2D eigenvalue weighted by atomic mass is 9.93. The van der Waals surface area contributed by atoms with E-state index in [-0.39, 0.29) is 0 Å². The van der Waals surface area contributed by atoms with Gasteiger partial charge < -0.3 is 19.7 Å². The topological polar surface area (TPSA) is 46.1 Å². The van der Waals surface area contributed by atoms with Gasteiger partial charge in [0, 0.05) is 46.5 Å². The van der Waals surface area contributed by atoms with E-state index in [0.717, 1.165) is 64.7 Å². The van der Waals surface area contributed by atoms with Crippen LogP contribution in [0.4, 0.5) is 0 Å². The summed E-state index contributed by atoms with van der Waals surface area (Å²) in [7, 11) is 1.87. The predicted octanol–water partition coefficient (Wildman–Crippen LogP) is 1.88. The van der Waals surface area contributed by atoms with Crippen molar-refractivity contribution >= 4 is 5.96 Å². The van der Waals surface area contributed by atoms with Crippen molar-refractivity contribution < 1.29 is 9.47 Å². The van der Waals surface area contributed by atoms with Crippen LogP contribution in [0.2, 0.25) is 0 Å². The molecular weight excluding hydrogens is 266 g/mol. The molecule has 2 rings (SSSR count). The monoisotopic (exact) mass is 297 g/mol. The number of guanidine groups is 1. The lowest BCUT2D eigenvalue weighted by molar-refractivity contribution is -0.0320. The van der Waals surface area contributed by atoms with Crippen LogP contribution in [-0.2, 0) is 9.47 Å². The van der Waals surface area contributed by atoms with Crippen LogP contribution < -0.4 is 5.32 Å². The minimum atomic E-state index is 0.400. The molecule has 0 aromatic rings. The molecule has 21 heavy (non-hydrogen) atoms. The molecule has 0 spiro atoms. The van der Waals surface area contributed by atoms with Gasteiger partial charge in [0.05, 0.1) is 6.10 Å². The predicted molar refractivity (Wildman–Crippen MR) is 85.7 cm³/mol. The zero-order chi connectivity index (χ0) is 15.1. The Bertz CT molecular complexity index is 338. The quantitative estimate of drug-likeness (QED) is 0.478. The van der Waals surface area contributed by atoms with Gasteiger partial charge in [-0.15, -0.1) is 0 Å². The Morgan fingerprint density at radius 1 is 1.38 bits per heavy atom. The van der Waals surface area contributed by atoms with Crippen molar-refractivity contribution in [1.29, 1.82) is 0 Å². The Hall–Kier alpha value is -0.810. The van der Waals surface area contributed by atoms with Crippen molar-refractivity contribution in [1.82, 2.24) is 10.2 Å². The minimum Gasteiger partial charge on any atom is -0.381 e. The van der Waals surface area contributed by atoms with Crippen molar-refractivity contribution in [3.05, 3.63) is 0 Å². The zero-order valence-corrected chi connectivity index (χ0v) is 13.9. The van der Waals surface area contributed by atoms with E-state index in [0.29, 0.717) is 11.5 Å². The average molecular weight is 297 g/mol. The maximum atomic E-state index is 5.88. The van der Waals surface area contributed by atoms with Crippen molar-refractivity contribution in [3.63, 3.8) is 0 Å². The molecule has 122 valence electrons. The highest BCUT2D eigenvalue weighted by molar-refractivity contribution is 5.80. The van der Waals surface area contributed by atoms with Crippen molar-refractivity contribution in [2.75, 3.05) is 46.5 Å². The van der Waals surface area contributed by atoms with Crippen molar-refractivity contribution in [3.8, 4) is 0 Å². The van der Waals surface area contributed by atoms with Crippen LogP contribution in [0.3, 0.4) is 0 Å². The van der Waals surface area contributed by atoms with Gasteiger partial charge in [0.25, 0.3) is 0 Å². The van der Waals surface area contributed by atoms with Gasteiger partial charge in [-0.1, -0.05) is 13.8 Å².